The Morgan fingerprint density at radius 2 is 1.76 bits per heavy atom. The lowest BCUT2D eigenvalue weighted by atomic mass is 10.0. The van der Waals surface area contributed by atoms with E-state index >= 15 is 0 Å². The number of benzene rings is 2. The van der Waals surface area contributed by atoms with Crippen LogP contribution >= 0.6 is 0 Å². The van der Waals surface area contributed by atoms with Crippen molar-refractivity contribution in [1.29, 1.82) is 0 Å². The van der Waals surface area contributed by atoms with Crippen molar-refractivity contribution in [3.63, 3.8) is 0 Å². The third kappa shape index (κ3) is 6.68. The number of hydrogen-bond donors (Lipinski definition) is 2. The van der Waals surface area contributed by atoms with Gasteiger partial charge in [-0.3, -0.25) is 19.0 Å². The second-order valence-electron chi connectivity index (χ2n) is 13.3. The summed E-state index contributed by atoms with van der Waals surface area (Å²) < 4.78 is 41.0. The number of pyridine rings is 1. The largest absolute Gasteiger partial charge is 0.494 e. The van der Waals surface area contributed by atoms with Crippen molar-refractivity contribution in [2.24, 2.45) is 11.8 Å². The molecule has 0 radical (unpaired) electrons. The van der Waals surface area contributed by atoms with Gasteiger partial charge in [0.1, 0.15) is 17.2 Å². The number of nitrogens with one attached hydrogen (secondary N) is 2. The van der Waals surface area contributed by atoms with Crippen LogP contribution in [-0.2, 0) is 9.59 Å². The summed E-state index contributed by atoms with van der Waals surface area (Å²) in [6, 6.07) is 7.37. The number of ether oxygens (including phenoxy) is 2. The number of halogens is 2. The zero-order valence-electron chi connectivity index (χ0n) is 28.5. The van der Waals surface area contributed by atoms with Crippen LogP contribution in [0.4, 0.5) is 31.8 Å². The van der Waals surface area contributed by atoms with Crippen molar-refractivity contribution in [3.8, 4) is 17.2 Å². The van der Waals surface area contributed by atoms with E-state index in [1.807, 2.05) is 6.07 Å². The smallest absolute Gasteiger partial charge is 0.295 e. The van der Waals surface area contributed by atoms with Crippen molar-refractivity contribution in [3.05, 3.63) is 77.2 Å². The zero-order chi connectivity index (χ0) is 36.0. The van der Waals surface area contributed by atoms with E-state index in [9.17, 15) is 23.2 Å². The lowest BCUT2D eigenvalue weighted by molar-refractivity contribution is -0.127. The van der Waals surface area contributed by atoms with Gasteiger partial charge < -0.3 is 34.8 Å². The Balaban J connectivity index is 1.27. The van der Waals surface area contributed by atoms with Crippen molar-refractivity contribution in [1.82, 2.24) is 24.3 Å². The number of aromatic nitrogens is 3. The molecule has 3 aliphatic rings. The minimum absolute atomic E-state index is 0.126. The quantitative estimate of drug-likeness (QED) is 0.240. The second-order valence-corrected chi connectivity index (χ2v) is 13.3. The molecule has 2 aromatic heterocycles. The molecule has 3 saturated heterocycles. The minimum atomic E-state index is -0.968. The lowest BCUT2D eigenvalue weighted by Crippen LogP contribution is -2.31. The first-order chi connectivity index (χ1) is 24.5. The molecule has 2 N–H and O–H groups in total. The number of anilines is 4. The standard InChI is InChI=1S/C36H38F2N8O5/c1-5-33(48)40-27-12-28(31(50-4)13-29(27)45-17-22-15-43(3)16-23(22)18-45)41-36-39-14-21-10-32(51-30-7-6-24(37)11-26(30)38)35(49)46(34(21)42-36)25-8-9-44(19-25)20(2)47/h5-7,10-14,22-23,25H,1,8-9,15-19H2,2-4H3,(H,40,48)(H,39,41,42)/t22-,23+,25?. The molecule has 266 valence electrons. The molecule has 13 nitrogen and oxygen atoms in total. The van der Waals surface area contributed by atoms with Gasteiger partial charge >= 0.3 is 0 Å². The third-order valence-corrected chi connectivity index (χ3v) is 9.85. The summed E-state index contributed by atoms with van der Waals surface area (Å²) in [7, 11) is 3.68. The molecule has 0 bridgehead atoms. The predicted octanol–water partition coefficient (Wildman–Crippen LogP) is 4.53. The van der Waals surface area contributed by atoms with Crippen LogP contribution in [0.15, 0.2) is 60.0 Å². The summed E-state index contributed by atoms with van der Waals surface area (Å²) in [5.74, 6) is -1.14. The van der Waals surface area contributed by atoms with Gasteiger partial charge in [-0.1, -0.05) is 6.58 Å². The molecule has 2 amide bonds. The van der Waals surface area contributed by atoms with Gasteiger partial charge in [-0.2, -0.15) is 4.98 Å². The SMILES string of the molecule is C=CC(=O)Nc1cc(Nc2ncc3cc(Oc4ccc(F)cc4F)c(=O)n(C4CCN(C(C)=O)C4)c3n2)c(OC)cc1N1C[C@H]2CN(C)C[C@H]2C1. The first-order valence-corrected chi connectivity index (χ1v) is 16.7. The Morgan fingerprint density at radius 1 is 1.00 bits per heavy atom. The van der Waals surface area contributed by atoms with Crippen LogP contribution in [0.3, 0.4) is 0 Å². The number of carbonyl (C=O) groups excluding carboxylic acids is 2. The molecule has 4 aromatic rings. The summed E-state index contributed by atoms with van der Waals surface area (Å²) in [4.78, 5) is 54.2. The molecule has 5 heterocycles. The third-order valence-electron chi connectivity index (χ3n) is 9.85. The minimum Gasteiger partial charge on any atom is -0.494 e. The number of carbonyl (C=O) groups is 2. The van der Waals surface area contributed by atoms with Crippen molar-refractivity contribution < 1.29 is 27.8 Å². The second kappa shape index (κ2) is 13.6. The average Bonchev–Trinajstić information content (AvgIpc) is 3.82. The van der Waals surface area contributed by atoms with Crippen LogP contribution in [0.25, 0.3) is 11.0 Å². The fourth-order valence-electron chi connectivity index (χ4n) is 7.41. The summed E-state index contributed by atoms with van der Waals surface area (Å²) in [6.45, 7) is 9.46. The molecule has 0 spiro atoms. The molecule has 7 rings (SSSR count). The van der Waals surface area contributed by atoms with Crippen LogP contribution in [0.2, 0.25) is 0 Å². The van der Waals surface area contributed by atoms with Gasteiger partial charge in [-0.05, 0) is 55.6 Å². The lowest BCUT2D eigenvalue weighted by Gasteiger charge is -2.26. The topological polar surface area (TPSA) is 134 Å². The highest BCUT2D eigenvalue weighted by molar-refractivity contribution is 6.02. The van der Waals surface area contributed by atoms with Gasteiger partial charge in [0.05, 0.1) is 30.2 Å². The van der Waals surface area contributed by atoms with Crippen LogP contribution in [0, 0.1) is 23.5 Å². The van der Waals surface area contributed by atoms with E-state index in [0.29, 0.717) is 53.4 Å². The van der Waals surface area contributed by atoms with Gasteiger partial charge in [0, 0.05) is 69.9 Å². The Kier molecular flexibility index (Phi) is 9.06. The Bertz CT molecular complexity index is 2090. The number of methoxy groups -OCH3 is 1. The molecule has 15 heteroatoms. The summed E-state index contributed by atoms with van der Waals surface area (Å²) in [5, 5.41) is 6.54. The van der Waals surface area contributed by atoms with Gasteiger partial charge in [0.2, 0.25) is 17.8 Å². The van der Waals surface area contributed by atoms with Crippen LogP contribution in [0.5, 0.6) is 17.2 Å². The predicted molar refractivity (Wildman–Crippen MR) is 188 cm³/mol. The molecular formula is C36H38F2N8O5. The molecule has 51 heavy (non-hydrogen) atoms. The van der Waals surface area contributed by atoms with E-state index in [2.05, 4.69) is 39.0 Å². The van der Waals surface area contributed by atoms with E-state index in [4.69, 9.17) is 14.5 Å². The molecule has 3 fully saturated rings. The Labute approximate surface area is 292 Å². The molecular weight excluding hydrogens is 662 g/mol. The molecule has 0 saturated carbocycles. The highest BCUT2D eigenvalue weighted by Gasteiger charge is 2.39. The zero-order valence-corrected chi connectivity index (χ0v) is 28.5. The fraction of sp³-hybridized carbons (Fsp3) is 0.361. The average molecular weight is 701 g/mol. The summed E-state index contributed by atoms with van der Waals surface area (Å²) in [5.41, 5.74) is 1.48. The van der Waals surface area contributed by atoms with Crippen LogP contribution in [-0.4, -0.2) is 89.6 Å². The van der Waals surface area contributed by atoms with Gasteiger partial charge in [-0.25, -0.2) is 13.8 Å². The van der Waals surface area contributed by atoms with Crippen molar-refractivity contribution >= 4 is 45.9 Å². The van der Waals surface area contributed by atoms with Gasteiger partial charge in [-0.15, -0.1) is 0 Å². The van der Waals surface area contributed by atoms with Crippen molar-refractivity contribution in [2.75, 3.05) is 69.0 Å². The number of likely N-dealkylation sites (tertiary alicyclic amines) is 2. The molecule has 0 aliphatic carbocycles. The fourth-order valence-corrected chi connectivity index (χ4v) is 7.41. The van der Waals surface area contributed by atoms with Crippen LogP contribution in [0.1, 0.15) is 19.4 Å². The molecule has 1 unspecified atom stereocenters. The number of amides is 2. The number of nitrogens with zero attached hydrogens (tertiary/aromatic N) is 6. The highest BCUT2D eigenvalue weighted by atomic mass is 19.1. The van der Waals surface area contributed by atoms with E-state index in [1.54, 1.807) is 18.1 Å². The molecule has 3 aliphatic heterocycles. The van der Waals surface area contributed by atoms with Crippen molar-refractivity contribution in [2.45, 2.75) is 19.4 Å². The number of rotatable bonds is 9. The van der Waals surface area contributed by atoms with Crippen LogP contribution < -0.4 is 30.6 Å². The van der Waals surface area contributed by atoms with E-state index in [0.717, 1.165) is 44.0 Å². The normalized spacial score (nSPS) is 20.1. The first-order valence-electron chi connectivity index (χ1n) is 16.7. The maximum Gasteiger partial charge on any atom is 0.295 e. The highest BCUT2D eigenvalue weighted by Crippen LogP contribution is 2.42. The molecule has 3 atom stereocenters. The van der Waals surface area contributed by atoms with E-state index in [1.165, 1.54) is 29.8 Å². The number of fused-ring (bicyclic) bond motifs is 2. The molecule has 2 aromatic carbocycles. The number of hydrogen-bond acceptors (Lipinski definition) is 10. The maximum atomic E-state index is 14.6. The monoisotopic (exact) mass is 700 g/mol. The first kappa shape index (κ1) is 33.9. The Morgan fingerprint density at radius 3 is 2.43 bits per heavy atom. The van der Waals surface area contributed by atoms with E-state index < -0.39 is 23.2 Å². The Hall–Kier alpha value is -5.57. The maximum absolute atomic E-state index is 14.6. The summed E-state index contributed by atoms with van der Waals surface area (Å²) in [6.07, 6.45) is 3.17. The van der Waals surface area contributed by atoms with Gasteiger partial charge in [0.25, 0.3) is 5.56 Å². The van der Waals surface area contributed by atoms with Gasteiger partial charge in [0.15, 0.2) is 17.3 Å². The van der Waals surface area contributed by atoms with E-state index in [-0.39, 0.29) is 41.5 Å². The summed E-state index contributed by atoms with van der Waals surface area (Å²) >= 11 is 0.